The number of nitrogen functional groups attached to an aromatic ring is 1. The van der Waals surface area contributed by atoms with Gasteiger partial charge in [0, 0.05) is 73.4 Å². The number of pyridine rings is 2. The first-order valence-corrected chi connectivity index (χ1v) is 17.9. The zero-order chi connectivity index (χ0) is 37.8. The first kappa shape index (κ1) is 36.0. The third-order valence-corrected chi connectivity index (χ3v) is 10.4. The molecular formula is C41H40N8O5. The molecule has 0 saturated carbocycles. The number of piperidine rings is 2. The molecule has 2 saturated heterocycles. The van der Waals surface area contributed by atoms with Crippen LogP contribution in [0.4, 0.5) is 5.69 Å². The van der Waals surface area contributed by atoms with Crippen LogP contribution in [-0.4, -0.2) is 78.0 Å². The molecule has 274 valence electrons. The standard InChI is InChI=1S/C41H40N8O5/c1-27-7-10-30(23-45-27)31-19-32(22-44-21-31)38(50)48-16-13-34(35(24-48)29-5-3-2-4-6-29)39(51)47-17-14-41(53,15-18-47)25-49-26-46-37(36(43)40(49)52)54-33-11-8-28(20-42)9-12-33/h2-12,19,21-23,26,34-35,53H,13-18,24-25,43H2,1H3/t34-,35+/m1/s1. The van der Waals surface area contributed by atoms with Gasteiger partial charge in [-0.3, -0.25) is 28.9 Å². The van der Waals surface area contributed by atoms with E-state index in [9.17, 15) is 19.5 Å². The van der Waals surface area contributed by atoms with E-state index in [4.69, 9.17) is 15.7 Å². The Bertz CT molecular complexity index is 2250. The van der Waals surface area contributed by atoms with Crippen LogP contribution in [-0.2, 0) is 11.3 Å². The first-order valence-electron chi connectivity index (χ1n) is 17.9. The minimum Gasteiger partial charge on any atom is -0.437 e. The molecule has 5 heterocycles. The van der Waals surface area contributed by atoms with Crippen LogP contribution >= 0.6 is 0 Å². The third-order valence-electron chi connectivity index (χ3n) is 10.4. The normalized spacial score (nSPS) is 18.1. The van der Waals surface area contributed by atoms with Gasteiger partial charge in [0.25, 0.3) is 11.5 Å². The average Bonchev–Trinajstić information content (AvgIpc) is 3.21. The van der Waals surface area contributed by atoms with Gasteiger partial charge in [-0.1, -0.05) is 36.4 Å². The first-order chi connectivity index (χ1) is 26.1. The zero-order valence-corrected chi connectivity index (χ0v) is 29.8. The lowest BCUT2D eigenvalue weighted by Gasteiger charge is -2.43. The Kier molecular flexibility index (Phi) is 10.2. The Hall–Kier alpha value is -6.39. The van der Waals surface area contributed by atoms with E-state index in [2.05, 4.69) is 15.0 Å². The van der Waals surface area contributed by atoms with Gasteiger partial charge < -0.3 is 25.4 Å². The number of aryl methyl sites for hydroxylation is 1. The van der Waals surface area contributed by atoms with Crippen molar-refractivity contribution in [2.45, 2.75) is 44.2 Å². The SMILES string of the molecule is Cc1ccc(-c2cncc(C(=O)N3CC[C@@H](C(=O)N4CCC(O)(Cn5cnc(Oc6ccc(C#N)cc6)c(N)c5=O)CC4)[C@H](c4ccccc4)C3)c2)cn1. The molecule has 54 heavy (non-hydrogen) atoms. The number of likely N-dealkylation sites (tertiary alicyclic amines) is 2. The van der Waals surface area contributed by atoms with Gasteiger partial charge in [-0.05, 0) is 68.1 Å². The quantitative estimate of drug-likeness (QED) is 0.230. The number of rotatable bonds is 8. The van der Waals surface area contributed by atoms with E-state index < -0.39 is 11.2 Å². The molecule has 13 nitrogen and oxygen atoms in total. The maximum absolute atomic E-state index is 14.2. The minimum atomic E-state index is -1.27. The number of nitrogens with zero attached hydrogens (tertiary/aromatic N) is 7. The lowest BCUT2D eigenvalue weighted by atomic mass is 9.79. The van der Waals surface area contributed by atoms with Crippen molar-refractivity contribution in [1.82, 2.24) is 29.3 Å². The number of amides is 2. The number of benzene rings is 2. The topological polar surface area (TPSA) is 181 Å². The molecule has 5 aromatic rings. The fourth-order valence-corrected chi connectivity index (χ4v) is 7.25. The molecule has 0 unspecified atom stereocenters. The summed E-state index contributed by atoms with van der Waals surface area (Å²) in [6.07, 6.45) is 7.34. The summed E-state index contributed by atoms with van der Waals surface area (Å²) in [7, 11) is 0. The molecule has 2 aromatic carbocycles. The number of nitriles is 1. The Morgan fingerprint density at radius 1 is 0.963 bits per heavy atom. The van der Waals surface area contributed by atoms with Gasteiger partial charge in [0.05, 0.1) is 29.3 Å². The van der Waals surface area contributed by atoms with E-state index in [0.717, 1.165) is 22.4 Å². The Morgan fingerprint density at radius 3 is 2.43 bits per heavy atom. The van der Waals surface area contributed by atoms with Gasteiger partial charge in [-0.15, -0.1) is 0 Å². The maximum atomic E-state index is 14.2. The fraction of sp³-hybridized carbons (Fsp3) is 0.293. The molecule has 2 fully saturated rings. The fourth-order valence-electron chi connectivity index (χ4n) is 7.25. The summed E-state index contributed by atoms with van der Waals surface area (Å²) in [4.78, 5) is 57.8. The monoisotopic (exact) mass is 724 g/mol. The summed E-state index contributed by atoms with van der Waals surface area (Å²) in [6.45, 7) is 3.26. The van der Waals surface area contributed by atoms with E-state index >= 15 is 0 Å². The highest BCUT2D eigenvalue weighted by Gasteiger charge is 2.42. The lowest BCUT2D eigenvalue weighted by molar-refractivity contribution is -0.142. The van der Waals surface area contributed by atoms with Crippen molar-refractivity contribution in [2.24, 2.45) is 5.92 Å². The third kappa shape index (κ3) is 7.69. The number of hydrogen-bond acceptors (Lipinski definition) is 10. The Morgan fingerprint density at radius 2 is 1.72 bits per heavy atom. The summed E-state index contributed by atoms with van der Waals surface area (Å²) in [5.41, 5.74) is 8.57. The van der Waals surface area contributed by atoms with Crippen LogP contribution in [0.3, 0.4) is 0 Å². The van der Waals surface area contributed by atoms with E-state index in [1.807, 2.05) is 66.4 Å². The van der Waals surface area contributed by atoms with Crippen LogP contribution in [0.15, 0.2) is 103 Å². The van der Waals surface area contributed by atoms with Crippen LogP contribution in [0.2, 0.25) is 0 Å². The van der Waals surface area contributed by atoms with E-state index in [1.54, 1.807) is 47.8 Å². The van der Waals surface area contributed by atoms with E-state index in [0.29, 0.717) is 49.5 Å². The van der Waals surface area contributed by atoms with Crippen LogP contribution in [0.25, 0.3) is 11.1 Å². The van der Waals surface area contributed by atoms with Crippen molar-refractivity contribution < 1.29 is 19.4 Å². The van der Waals surface area contributed by atoms with Crippen molar-refractivity contribution in [2.75, 3.05) is 31.9 Å². The second kappa shape index (κ2) is 15.3. The molecule has 0 radical (unpaired) electrons. The summed E-state index contributed by atoms with van der Waals surface area (Å²) in [5, 5.41) is 20.6. The molecule has 2 atom stereocenters. The molecule has 2 aliphatic rings. The number of aliphatic hydroxyl groups is 1. The number of nitrogens with two attached hydrogens (primary N) is 1. The summed E-state index contributed by atoms with van der Waals surface area (Å²) in [5.74, 6) is -0.446. The highest BCUT2D eigenvalue weighted by molar-refractivity contribution is 5.95. The van der Waals surface area contributed by atoms with E-state index in [-0.39, 0.29) is 54.6 Å². The minimum absolute atomic E-state index is 0.0130. The molecule has 0 aliphatic carbocycles. The largest absolute Gasteiger partial charge is 0.437 e. The smallest absolute Gasteiger partial charge is 0.280 e. The van der Waals surface area contributed by atoms with Crippen molar-refractivity contribution in [3.8, 4) is 28.8 Å². The van der Waals surface area contributed by atoms with Crippen molar-refractivity contribution in [3.63, 3.8) is 0 Å². The van der Waals surface area contributed by atoms with Crippen LogP contribution in [0.1, 0.15) is 52.4 Å². The highest BCUT2D eigenvalue weighted by Crippen LogP contribution is 2.36. The summed E-state index contributed by atoms with van der Waals surface area (Å²) in [6, 6.07) is 23.9. The van der Waals surface area contributed by atoms with Gasteiger partial charge >= 0.3 is 0 Å². The molecule has 3 aromatic heterocycles. The number of anilines is 1. The van der Waals surface area contributed by atoms with Gasteiger partial charge in [0.2, 0.25) is 11.8 Å². The number of ether oxygens (including phenoxy) is 1. The second-order valence-corrected chi connectivity index (χ2v) is 14.0. The molecule has 2 amide bonds. The van der Waals surface area contributed by atoms with Crippen LogP contribution < -0.4 is 16.0 Å². The zero-order valence-electron chi connectivity index (χ0n) is 29.8. The van der Waals surface area contributed by atoms with E-state index in [1.165, 1.54) is 10.9 Å². The van der Waals surface area contributed by atoms with Gasteiger partial charge in [-0.2, -0.15) is 5.26 Å². The molecule has 7 rings (SSSR count). The molecule has 13 heteroatoms. The van der Waals surface area contributed by atoms with Gasteiger partial charge in [0.15, 0.2) is 5.69 Å². The van der Waals surface area contributed by atoms with Crippen molar-refractivity contribution in [3.05, 3.63) is 130 Å². The number of aromatic nitrogens is 4. The van der Waals surface area contributed by atoms with Gasteiger partial charge in [0.1, 0.15) is 12.1 Å². The molecule has 0 bridgehead atoms. The highest BCUT2D eigenvalue weighted by atomic mass is 16.5. The second-order valence-electron chi connectivity index (χ2n) is 14.0. The molecule has 2 aliphatic heterocycles. The maximum Gasteiger partial charge on any atom is 0.280 e. The predicted molar refractivity (Wildman–Crippen MR) is 200 cm³/mol. The average molecular weight is 725 g/mol. The van der Waals surface area contributed by atoms with Crippen LogP contribution in [0.5, 0.6) is 11.6 Å². The molecular weight excluding hydrogens is 685 g/mol. The molecule has 3 N–H and O–H groups in total. The number of carbonyl (C=O) groups is 2. The number of carbonyl (C=O) groups excluding carboxylic acids is 2. The predicted octanol–water partition coefficient (Wildman–Crippen LogP) is 4.55. The Balaban J connectivity index is 1.01. The number of hydrogen-bond donors (Lipinski definition) is 2. The van der Waals surface area contributed by atoms with Crippen molar-refractivity contribution >= 4 is 17.5 Å². The van der Waals surface area contributed by atoms with Crippen molar-refractivity contribution in [1.29, 1.82) is 5.26 Å². The molecule has 0 spiro atoms. The van der Waals surface area contributed by atoms with Gasteiger partial charge in [-0.25, -0.2) is 4.98 Å². The summed E-state index contributed by atoms with van der Waals surface area (Å²) >= 11 is 0. The Labute approximate surface area is 312 Å². The lowest BCUT2D eigenvalue weighted by Crippen LogP contribution is -2.53. The summed E-state index contributed by atoms with van der Waals surface area (Å²) < 4.78 is 6.94. The van der Waals surface area contributed by atoms with Crippen LogP contribution in [0, 0.1) is 24.2 Å².